The van der Waals surface area contributed by atoms with Crippen LogP contribution in [0.25, 0.3) is 0 Å². The van der Waals surface area contributed by atoms with E-state index in [0.29, 0.717) is 16.3 Å². The molecule has 0 spiro atoms. The number of hydrogen-bond donors (Lipinski definition) is 1. The summed E-state index contributed by atoms with van der Waals surface area (Å²) in [6, 6.07) is 1.56. The summed E-state index contributed by atoms with van der Waals surface area (Å²) in [7, 11) is 1.32. The van der Waals surface area contributed by atoms with Crippen LogP contribution in [0.15, 0.2) is 6.07 Å². The third kappa shape index (κ3) is 2.43. The lowest BCUT2D eigenvalue weighted by atomic mass is 10.3. The van der Waals surface area contributed by atoms with E-state index in [4.69, 9.17) is 16.7 Å². The van der Waals surface area contributed by atoms with E-state index < -0.39 is 5.97 Å². The Morgan fingerprint density at radius 3 is 3.00 bits per heavy atom. The zero-order valence-electron chi connectivity index (χ0n) is 7.04. The van der Waals surface area contributed by atoms with Crippen LogP contribution in [0.2, 0.25) is 5.02 Å². The monoisotopic (exact) mass is 220 g/mol. The first kappa shape index (κ1) is 10.5. The van der Waals surface area contributed by atoms with E-state index in [1.54, 1.807) is 6.07 Å². The van der Waals surface area contributed by atoms with Crippen molar-refractivity contribution in [2.45, 2.75) is 6.42 Å². The maximum Gasteiger partial charge on any atom is 0.348 e. The topological polar surface area (TPSA) is 46.5 Å². The van der Waals surface area contributed by atoms with Gasteiger partial charge in [0.2, 0.25) is 0 Å². The molecule has 0 aliphatic rings. The Morgan fingerprint density at radius 2 is 2.46 bits per heavy atom. The molecule has 3 nitrogen and oxygen atoms in total. The van der Waals surface area contributed by atoms with Gasteiger partial charge in [0, 0.05) is 17.9 Å². The molecular formula is C8H9ClO3S. The molecule has 0 aliphatic carbocycles. The Hall–Kier alpha value is -0.580. The van der Waals surface area contributed by atoms with Crippen LogP contribution in [0, 0.1) is 0 Å². The standard InChI is InChI=1S/C8H9ClO3S/c1-12-8(11)7-4-5(9)6(13-7)2-3-10/h4,10H,2-3H2,1H3. The molecule has 72 valence electrons. The summed E-state index contributed by atoms with van der Waals surface area (Å²) in [5.74, 6) is -0.393. The van der Waals surface area contributed by atoms with Gasteiger partial charge in [-0.15, -0.1) is 11.3 Å². The van der Waals surface area contributed by atoms with Gasteiger partial charge in [-0.1, -0.05) is 11.6 Å². The molecule has 0 saturated carbocycles. The van der Waals surface area contributed by atoms with Crippen LogP contribution >= 0.6 is 22.9 Å². The lowest BCUT2D eigenvalue weighted by molar-refractivity contribution is 0.0606. The number of hydrogen-bond acceptors (Lipinski definition) is 4. The predicted octanol–water partition coefficient (Wildman–Crippen LogP) is 1.72. The molecule has 0 unspecified atom stereocenters. The number of esters is 1. The number of carbonyl (C=O) groups excluding carboxylic acids is 1. The fourth-order valence-corrected chi connectivity index (χ4v) is 2.22. The second kappa shape index (κ2) is 4.60. The number of carbonyl (C=O) groups is 1. The molecule has 0 radical (unpaired) electrons. The Bertz CT molecular complexity index is 308. The third-order valence-electron chi connectivity index (χ3n) is 1.48. The number of methoxy groups -OCH3 is 1. The Balaban J connectivity index is 2.88. The van der Waals surface area contributed by atoms with E-state index in [0.717, 1.165) is 4.88 Å². The number of halogens is 1. The molecule has 0 saturated heterocycles. The molecule has 0 aromatic carbocycles. The van der Waals surface area contributed by atoms with Crippen LogP contribution in [0.1, 0.15) is 14.5 Å². The summed E-state index contributed by atoms with van der Waals surface area (Å²) in [6.45, 7) is 0.0286. The summed E-state index contributed by atoms with van der Waals surface area (Å²) >= 11 is 7.07. The van der Waals surface area contributed by atoms with Gasteiger partial charge in [0.25, 0.3) is 0 Å². The van der Waals surface area contributed by atoms with Crippen molar-refractivity contribution in [1.82, 2.24) is 0 Å². The van der Waals surface area contributed by atoms with Crippen LogP contribution in [0.3, 0.4) is 0 Å². The maximum absolute atomic E-state index is 11.1. The number of aliphatic hydroxyl groups excluding tert-OH is 1. The third-order valence-corrected chi connectivity index (χ3v) is 3.11. The summed E-state index contributed by atoms with van der Waals surface area (Å²) in [5.41, 5.74) is 0. The molecule has 0 amide bonds. The van der Waals surface area contributed by atoms with E-state index in [2.05, 4.69) is 4.74 Å². The fourth-order valence-electron chi connectivity index (χ4n) is 0.880. The Labute approximate surface area is 84.9 Å². The summed E-state index contributed by atoms with van der Waals surface area (Å²) < 4.78 is 4.53. The van der Waals surface area contributed by atoms with Crippen LogP contribution in [-0.2, 0) is 11.2 Å². The molecule has 0 bridgehead atoms. The highest BCUT2D eigenvalue weighted by Gasteiger charge is 2.12. The summed E-state index contributed by atoms with van der Waals surface area (Å²) in [5, 5.41) is 9.19. The summed E-state index contributed by atoms with van der Waals surface area (Å²) in [4.78, 5) is 12.3. The highest BCUT2D eigenvalue weighted by molar-refractivity contribution is 7.14. The van der Waals surface area contributed by atoms with Crippen molar-refractivity contribution in [1.29, 1.82) is 0 Å². The average Bonchev–Trinajstić information content (AvgIpc) is 2.47. The first-order valence-electron chi connectivity index (χ1n) is 3.66. The molecular weight excluding hydrogens is 212 g/mol. The highest BCUT2D eigenvalue weighted by atomic mass is 35.5. The minimum absolute atomic E-state index is 0.0286. The zero-order valence-corrected chi connectivity index (χ0v) is 8.61. The van der Waals surface area contributed by atoms with Gasteiger partial charge in [-0.05, 0) is 6.07 Å². The van der Waals surface area contributed by atoms with Crippen molar-refractivity contribution in [3.8, 4) is 0 Å². The number of rotatable bonds is 3. The molecule has 1 heterocycles. The number of aliphatic hydroxyl groups is 1. The van der Waals surface area contributed by atoms with Crippen LogP contribution < -0.4 is 0 Å². The molecule has 5 heteroatoms. The minimum atomic E-state index is -0.393. The van der Waals surface area contributed by atoms with Gasteiger partial charge in [-0.2, -0.15) is 0 Å². The second-order valence-electron chi connectivity index (χ2n) is 2.35. The van der Waals surface area contributed by atoms with Gasteiger partial charge in [0.1, 0.15) is 4.88 Å². The lowest BCUT2D eigenvalue weighted by Crippen LogP contribution is -1.96. The normalized spacial score (nSPS) is 10.1. The molecule has 13 heavy (non-hydrogen) atoms. The Kier molecular flexibility index (Phi) is 3.71. The molecule has 1 N–H and O–H groups in total. The molecule has 1 aromatic rings. The van der Waals surface area contributed by atoms with Crippen molar-refractivity contribution in [2.24, 2.45) is 0 Å². The van der Waals surface area contributed by atoms with E-state index in [1.807, 2.05) is 0 Å². The average molecular weight is 221 g/mol. The SMILES string of the molecule is COC(=O)c1cc(Cl)c(CCO)s1. The van der Waals surface area contributed by atoms with Crippen LogP contribution in [0.5, 0.6) is 0 Å². The van der Waals surface area contributed by atoms with Gasteiger partial charge in [0.05, 0.1) is 12.1 Å². The highest BCUT2D eigenvalue weighted by Crippen LogP contribution is 2.27. The van der Waals surface area contributed by atoms with Gasteiger partial charge >= 0.3 is 5.97 Å². The lowest BCUT2D eigenvalue weighted by Gasteiger charge is -1.92. The molecule has 0 aliphatic heterocycles. The molecule has 1 aromatic heterocycles. The largest absolute Gasteiger partial charge is 0.465 e. The second-order valence-corrected chi connectivity index (χ2v) is 3.89. The van der Waals surface area contributed by atoms with Crippen molar-refractivity contribution in [3.63, 3.8) is 0 Å². The molecule has 0 fully saturated rings. The van der Waals surface area contributed by atoms with Crippen molar-refractivity contribution in [2.75, 3.05) is 13.7 Å². The Morgan fingerprint density at radius 1 is 1.77 bits per heavy atom. The van der Waals surface area contributed by atoms with Crippen molar-refractivity contribution >= 4 is 28.9 Å². The molecule has 1 rings (SSSR count). The van der Waals surface area contributed by atoms with E-state index in [1.165, 1.54) is 18.4 Å². The van der Waals surface area contributed by atoms with E-state index in [-0.39, 0.29) is 6.61 Å². The predicted molar refractivity (Wildman–Crippen MR) is 51.5 cm³/mol. The van der Waals surface area contributed by atoms with Gasteiger partial charge in [-0.3, -0.25) is 0 Å². The van der Waals surface area contributed by atoms with Gasteiger partial charge in [0.15, 0.2) is 0 Å². The van der Waals surface area contributed by atoms with Crippen molar-refractivity contribution < 1.29 is 14.6 Å². The first-order valence-corrected chi connectivity index (χ1v) is 4.86. The number of ether oxygens (including phenoxy) is 1. The number of thiophene rings is 1. The van der Waals surface area contributed by atoms with Crippen molar-refractivity contribution in [3.05, 3.63) is 20.8 Å². The van der Waals surface area contributed by atoms with Gasteiger partial charge < -0.3 is 9.84 Å². The quantitative estimate of drug-likeness (QED) is 0.790. The smallest absolute Gasteiger partial charge is 0.348 e. The van der Waals surface area contributed by atoms with Crippen LogP contribution in [0.4, 0.5) is 0 Å². The fraction of sp³-hybridized carbons (Fsp3) is 0.375. The van der Waals surface area contributed by atoms with E-state index >= 15 is 0 Å². The summed E-state index contributed by atoms with van der Waals surface area (Å²) in [6.07, 6.45) is 0.473. The zero-order chi connectivity index (χ0) is 9.84. The van der Waals surface area contributed by atoms with Gasteiger partial charge in [-0.25, -0.2) is 4.79 Å². The first-order chi connectivity index (χ1) is 6.19. The minimum Gasteiger partial charge on any atom is -0.465 e. The van der Waals surface area contributed by atoms with Crippen LogP contribution in [-0.4, -0.2) is 24.8 Å². The van der Waals surface area contributed by atoms with E-state index in [9.17, 15) is 4.79 Å². The maximum atomic E-state index is 11.1. The molecule has 0 atom stereocenters.